The van der Waals surface area contributed by atoms with Gasteiger partial charge in [0.25, 0.3) is 0 Å². The number of unbranched alkanes of at least 4 members (excludes halogenated alkanes) is 14. The van der Waals surface area contributed by atoms with E-state index in [4.69, 9.17) is 15.2 Å². The van der Waals surface area contributed by atoms with Gasteiger partial charge in [-0.25, -0.2) is 0 Å². The number of esters is 2. The number of hydrogen-bond donors (Lipinski definition) is 1. The number of carbonyl (C=O) groups is 2. The minimum atomic E-state index is -0.0142. The Morgan fingerprint density at radius 3 is 1.49 bits per heavy atom. The van der Waals surface area contributed by atoms with Gasteiger partial charge < -0.3 is 20.1 Å². The summed E-state index contributed by atoms with van der Waals surface area (Å²) in [6, 6.07) is 0. The summed E-state index contributed by atoms with van der Waals surface area (Å²) in [4.78, 5) is 27.3. The number of ether oxygens (including phenoxy) is 2. The maximum atomic E-state index is 12.6. The lowest BCUT2D eigenvalue weighted by Crippen LogP contribution is -2.28. The first-order chi connectivity index (χ1) is 23.0. The second-order valence-electron chi connectivity index (χ2n) is 14.3. The van der Waals surface area contributed by atoms with Crippen molar-refractivity contribution >= 4 is 11.9 Å². The fraction of sp³-hybridized carbons (Fsp3) is 0.951. The third kappa shape index (κ3) is 31.9. The van der Waals surface area contributed by atoms with Gasteiger partial charge in [0.15, 0.2) is 0 Å². The maximum Gasteiger partial charge on any atom is 0.306 e. The third-order valence-electron chi connectivity index (χ3n) is 9.63. The van der Waals surface area contributed by atoms with Gasteiger partial charge in [-0.3, -0.25) is 9.59 Å². The highest BCUT2D eigenvalue weighted by molar-refractivity contribution is 5.69. The normalized spacial score (nSPS) is 11.7. The molecule has 0 aliphatic rings. The van der Waals surface area contributed by atoms with Crippen LogP contribution < -0.4 is 5.73 Å². The van der Waals surface area contributed by atoms with Crippen LogP contribution in [0.2, 0.25) is 0 Å². The van der Waals surface area contributed by atoms with Crippen LogP contribution in [-0.2, 0) is 19.1 Å². The molecule has 0 amide bonds. The maximum absolute atomic E-state index is 12.6. The molecule has 280 valence electrons. The topological polar surface area (TPSA) is 81.9 Å². The van der Waals surface area contributed by atoms with Crippen LogP contribution in [0.25, 0.3) is 0 Å². The van der Waals surface area contributed by atoms with E-state index < -0.39 is 0 Å². The van der Waals surface area contributed by atoms with Gasteiger partial charge in [-0.05, 0) is 96.3 Å². The minimum Gasteiger partial charge on any atom is -0.466 e. The summed E-state index contributed by atoms with van der Waals surface area (Å²) < 4.78 is 11.5. The molecule has 6 heteroatoms. The van der Waals surface area contributed by atoms with Crippen molar-refractivity contribution < 1.29 is 19.1 Å². The van der Waals surface area contributed by atoms with Crippen molar-refractivity contribution in [3.8, 4) is 0 Å². The Morgan fingerprint density at radius 1 is 0.511 bits per heavy atom. The second-order valence-corrected chi connectivity index (χ2v) is 14.3. The minimum absolute atomic E-state index is 0.0142. The molecular weight excluding hydrogens is 584 g/mol. The molecule has 0 aromatic carbocycles. The van der Waals surface area contributed by atoms with Gasteiger partial charge in [0.2, 0.25) is 0 Å². The van der Waals surface area contributed by atoms with E-state index in [-0.39, 0.29) is 18.0 Å². The number of nitrogens with zero attached hydrogens (tertiary/aromatic N) is 1. The first kappa shape index (κ1) is 45.9. The van der Waals surface area contributed by atoms with Crippen LogP contribution in [0.4, 0.5) is 0 Å². The smallest absolute Gasteiger partial charge is 0.306 e. The Morgan fingerprint density at radius 2 is 0.979 bits per heavy atom. The average molecular weight is 667 g/mol. The molecule has 0 atom stereocenters. The SMILES string of the molecule is CCCCCCC(CCCCCC)OC(=O)CCCCCCCN(CCCN)CCCCCCCC(=O)OCCC(CCC)CCC. The molecule has 0 spiro atoms. The van der Waals surface area contributed by atoms with E-state index in [2.05, 4.69) is 32.6 Å². The average Bonchev–Trinajstić information content (AvgIpc) is 3.06. The quantitative estimate of drug-likeness (QED) is 0.0525. The van der Waals surface area contributed by atoms with E-state index in [1.54, 1.807) is 0 Å². The van der Waals surface area contributed by atoms with Gasteiger partial charge in [-0.15, -0.1) is 0 Å². The summed E-state index contributed by atoms with van der Waals surface area (Å²) in [5, 5.41) is 0. The molecule has 0 fully saturated rings. The molecule has 0 aliphatic heterocycles. The molecule has 0 bridgehead atoms. The monoisotopic (exact) mass is 667 g/mol. The third-order valence-corrected chi connectivity index (χ3v) is 9.63. The van der Waals surface area contributed by atoms with Crippen molar-refractivity contribution in [3.63, 3.8) is 0 Å². The first-order valence-corrected chi connectivity index (χ1v) is 20.8. The molecule has 0 radical (unpaired) electrons. The van der Waals surface area contributed by atoms with Crippen molar-refractivity contribution in [1.29, 1.82) is 0 Å². The number of carbonyl (C=O) groups excluding carboxylic acids is 2. The van der Waals surface area contributed by atoms with Crippen molar-refractivity contribution in [2.75, 3.05) is 32.8 Å². The largest absolute Gasteiger partial charge is 0.466 e. The summed E-state index contributed by atoms with van der Waals surface area (Å²) in [5.74, 6) is 0.712. The van der Waals surface area contributed by atoms with Crippen LogP contribution in [-0.4, -0.2) is 55.7 Å². The molecule has 0 saturated carbocycles. The summed E-state index contributed by atoms with van der Waals surface area (Å²) in [5.41, 5.74) is 5.82. The molecule has 6 nitrogen and oxygen atoms in total. The van der Waals surface area contributed by atoms with E-state index in [0.29, 0.717) is 25.4 Å². The zero-order chi connectivity index (χ0) is 34.6. The van der Waals surface area contributed by atoms with E-state index in [9.17, 15) is 9.59 Å². The molecule has 0 aromatic heterocycles. The molecule has 0 aliphatic carbocycles. The Hall–Kier alpha value is -1.14. The van der Waals surface area contributed by atoms with Crippen molar-refractivity contribution in [3.05, 3.63) is 0 Å². The summed E-state index contributed by atoms with van der Waals surface area (Å²) in [7, 11) is 0. The fourth-order valence-electron chi connectivity index (χ4n) is 6.69. The number of rotatable bonds is 37. The van der Waals surface area contributed by atoms with Crippen molar-refractivity contribution in [2.45, 2.75) is 214 Å². The second kappa shape index (κ2) is 36.1. The van der Waals surface area contributed by atoms with E-state index in [1.807, 2.05) is 0 Å². The lowest BCUT2D eigenvalue weighted by Gasteiger charge is -2.22. The molecule has 2 N–H and O–H groups in total. The van der Waals surface area contributed by atoms with Crippen LogP contribution in [0.1, 0.15) is 207 Å². The van der Waals surface area contributed by atoms with Crippen molar-refractivity contribution in [2.24, 2.45) is 11.7 Å². The van der Waals surface area contributed by atoms with Crippen LogP contribution in [0.15, 0.2) is 0 Å². The van der Waals surface area contributed by atoms with E-state index in [1.165, 1.54) is 116 Å². The standard InChI is InChI=1S/C41H82N2O4/c1-5-9-11-19-28-39(29-20-12-10-6-2)47-41(45)31-22-16-14-18-24-35-43(36-25-33-42)34-23-17-13-15-21-30-40(44)46-37-32-38(26-7-3)27-8-4/h38-39H,5-37,42H2,1-4H3. The van der Waals surface area contributed by atoms with Crippen LogP contribution in [0, 0.1) is 5.92 Å². The van der Waals surface area contributed by atoms with Gasteiger partial charge in [0, 0.05) is 12.8 Å². The molecule has 0 rings (SSSR count). The molecular formula is C41H82N2O4. The Labute approximate surface area is 293 Å². The Balaban J connectivity index is 4.01. The highest BCUT2D eigenvalue weighted by Gasteiger charge is 2.14. The predicted octanol–water partition coefficient (Wildman–Crippen LogP) is 11.3. The lowest BCUT2D eigenvalue weighted by atomic mass is 9.95. The zero-order valence-corrected chi connectivity index (χ0v) is 32.1. The Bertz CT molecular complexity index is 656. The summed E-state index contributed by atoms with van der Waals surface area (Å²) in [6.45, 7) is 13.7. The molecule has 47 heavy (non-hydrogen) atoms. The Kier molecular flexibility index (Phi) is 35.3. The summed E-state index contributed by atoms with van der Waals surface area (Å²) >= 11 is 0. The van der Waals surface area contributed by atoms with E-state index in [0.717, 1.165) is 77.5 Å². The lowest BCUT2D eigenvalue weighted by molar-refractivity contribution is -0.150. The zero-order valence-electron chi connectivity index (χ0n) is 32.1. The van der Waals surface area contributed by atoms with Gasteiger partial charge >= 0.3 is 11.9 Å². The number of hydrogen-bond acceptors (Lipinski definition) is 6. The van der Waals surface area contributed by atoms with Gasteiger partial charge in [0.1, 0.15) is 6.10 Å². The van der Waals surface area contributed by atoms with Gasteiger partial charge in [0.05, 0.1) is 6.61 Å². The number of nitrogens with two attached hydrogens (primary N) is 1. The van der Waals surface area contributed by atoms with Crippen molar-refractivity contribution in [1.82, 2.24) is 4.90 Å². The molecule has 0 heterocycles. The van der Waals surface area contributed by atoms with Crippen LogP contribution in [0.5, 0.6) is 0 Å². The van der Waals surface area contributed by atoms with Crippen LogP contribution >= 0.6 is 0 Å². The van der Waals surface area contributed by atoms with Gasteiger partial charge in [-0.2, -0.15) is 0 Å². The fourth-order valence-corrected chi connectivity index (χ4v) is 6.69. The highest BCUT2D eigenvalue weighted by Crippen LogP contribution is 2.19. The highest BCUT2D eigenvalue weighted by atomic mass is 16.5. The molecule has 0 saturated heterocycles. The summed E-state index contributed by atoms with van der Waals surface area (Å²) in [6.07, 6.45) is 31.6. The van der Waals surface area contributed by atoms with Crippen LogP contribution in [0.3, 0.4) is 0 Å². The van der Waals surface area contributed by atoms with Gasteiger partial charge in [-0.1, -0.05) is 130 Å². The predicted molar refractivity (Wildman–Crippen MR) is 202 cm³/mol. The first-order valence-electron chi connectivity index (χ1n) is 20.8. The van der Waals surface area contributed by atoms with E-state index >= 15 is 0 Å². The molecule has 0 aromatic rings. The molecule has 0 unspecified atom stereocenters.